The lowest BCUT2D eigenvalue weighted by molar-refractivity contribution is -0.384. The fraction of sp³-hybridized carbons (Fsp3) is 0.0882. The number of hydrogen-bond acceptors (Lipinski definition) is 7. The van der Waals surface area contributed by atoms with E-state index < -0.39 is 11.0 Å². The molecule has 1 aromatic heterocycles. The van der Waals surface area contributed by atoms with E-state index in [4.69, 9.17) is 4.99 Å². The second-order valence-electron chi connectivity index (χ2n) is 10.2. The number of nitrogens with zero attached hydrogens (tertiary/aromatic N) is 4. The average Bonchev–Trinajstić information content (AvgIpc) is 3.18. The average molecular weight is 583 g/mol. The molecule has 0 aliphatic carbocycles. The molecule has 216 valence electrons. The zero-order chi connectivity index (χ0) is 30.5. The van der Waals surface area contributed by atoms with Crippen molar-refractivity contribution < 1.29 is 14.5 Å². The maximum Gasteiger partial charge on any atom is 0.271 e. The molecule has 10 nitrogen and oxygen atoms in total. The molecule has 1 atom stereocenters. The van der Waals surface area contributed by atoms with Gasteiger partial charge in [-0.05, 0) is 41.0 Å². The zero-order valence-corrected chi connectivity index (χ0v) is 23.4. The molecule has 5 aromatic rings. The summed E-state index contributed by atoms with van der Waals surface area (Å²) in [6, 6.07) is 30.1. The second kappa shape index (κ2) is 12.5. The number of carbonyl (C=O) groups excluding carboxylic acids is 2. The molecule has 1 unspecified atom stereocenters. The summed E-state index contributed by atoms with van der Waals surface area (Å²) in [5, 5.41) is 17.3. The zero-order valence-electron chi connectivity index (χ0n) is 23.4. The van der Waals surface area contributed by atoms with Gasteiger partial charge < -0.3 is 10.6 Å². The molecule has 0 fully saturated rings. The topological polar surface area (TPSA) is 139 Å². The van der Waals surface area contributed by atoms with Gasteiger partial charge >= 0.3 is 0 Å². The van der Waals surface area contributed by atoms with E-state index in [0.29, 0.717) is 40.3 Å². The molecule has 2 amide bonds. The quantitative estimate of drug-likeness (QED) is 0.179. The Morgan fingerprint density at radius 3 is 2.41 bits per heavy atom. The second-order valence-corrected chi connectivity index (χ2v) is 10.2. The Morgan fingerprint density at radius 1 is 0.886 bits per heavy atom. The van der Waals surface area contributed by atoms with E-state index in [1.54, 1.807) is 42.6 Å². The Kier molecular flexibility index (Phi) is 7.96. The molecule has 10 heteroatoms. The molecule has 0 saturated heterocycles. The van der Waals surface area contributed by atoms with Crippen molar-refractivity contribution in [1.29, 1.82) is 0 Å². The van der Waals surface area contributed by atoms with Gasteiger partial charge in [0.1, 0.15) is 12.4 Å². The van der Waals surface area contributed by atoms with Crippen LogP contribution in [0.25, 0.3) is 11.1 Å². The van der Waals surface area contributed by atoms with Crippen molar-refractivity contribution in [2.75, 3.05) is 10.6 Å². The van der Waals surface area contributed by atoms with Crippen molar-refractivity contribution in [3.05, 3.63) is 148 Å². The first-order chi connectivity index (χ1) is 21.4. The van der Waals surface area contributed by atoms with Gasteiger partial charge in [-0.25, -0.2) is 9.97 Å². The Morgan fingerprint density at radius 2 is 1.66 bits per heavy atom. The fourth-order valence-corrected chi connectivity index (χ4v) is 5.13. The van der Waals surface area contributed by atoms with E-state index in [1.807, 2.05) is 54.6 Å². The summed E-state index contributed by atoms with van der Waals surface area (Å²) in [7, 11) is 0. The van der Waals surface area contributed by atoms with Crippen LogP contribution in [0.2, 0.25) is 0 Å². The van der Waals surface area contributed by atoms with Crippen molar-refractivity contribution in [1.82, 2.24) is 9.97 Å². The van der Waals surface area contributed by atoms with Crippen LogP contribution in [0.1, 0.15) is 22.4 Å². The molecule has 44 heavy (non-hydrogen) atoms. The van der Waals surface area contributed by atoms with E-state index >= 15 is 0 Å². The largest absolute Gasteiger partial charge is 0.326 e. The summed E-state index contributed by atoms with van der Waals surface area (Å²) in [6.45, 7) is 0. The molecule has 4 aromatic carbocycles. The molecule has 0 radical (unpaired) electrons. The Bertz CT molecular complexity index is 1880. The number of hydrogen-bond donors (Lipinski definition) is 2. The first-order valence-electron chi connectivity index (χ1n) is 13.9. The highest BCUT2D eigenvalue weighted by molar-refractivity contribution is 6.20. The van der Waals surface area contributed by atoms with Crippen molar-refractivity contribution >= 4 is 34.6 Å². The predicted molar refractivity (Wildman–Crippen MR) is 168 cm³/mol. The minimum Gasteiger partial charge on any atom is -0.326 e. The lowest BCUT2D eigenvalue weighted by Gasteiger charge is -2.15. The number of aliphatic imine (C=N–C) groups is 1. The van der Waals surface area contributed by atoms with Crippen LogP contribution in [-0.4, -0.2) is 38.5 Å². The first kappa shape index (κ1) is 28.1. The third-order valence-corrected chi connectivity index (χ3v) is 7.26. The van der Waals surface area contributed by atoms with Crippen LogP contribution in [0.5, 0.6) is 0 Å². The minimum atomic E-state index is -0.812. The SMILES string of the molecule is O=C(Cc1ccncn1)Nc1ccc(C2=NC(Cc3ccccc3-c3ccccc3)C(=O)Nc3cc([N+](=O)[O-])ccc32)cc1. The summed E-state index contributed by atoms with van der Waals surface area (Å²) in [5.74, 6) is -0.592. The monoisotopic (exact) mass is 582 g/mol. The van der Waals surface area contributed by atoms with Gasteiger partial charge in [-0.2, -0.15) is 0 Å². The van der Waals surface area contributed by atoms with Crippen molar-refractivity contribution in [2.45, 2.75) is 18.9 Å². The van der Waals surface area contributed by atoms with E-state index in [0.717, 1.165) is 16.7 Å². The predicted octanol–water partition coefficient (Wildman–Crippen LogP) is 5.63. The fourth-order valence-electron chi connectivity index (χ4n) is 5.13. The minimum absolute atomic E-state index is 0.100. The number of aromatic nitrogens is 2. The van der Waals surface area contributed by atoms with Gasteiger partial charge in [0.2, 0.25) is 11.8 Å². The van der Waals surface area contributed by atoms with E-state index in [1.165, 1.54) is 18.5 Å². The van der Waals surface area contributed by atoms with Crippen molar-refractivity contribution in [3.8, 4) is 11.1 Å². The van der Waals surface area contributed by atoms with E-state index in [-0.39, 0.29) is 23.9 Å². The Hall–Kier alpha value is -6.03. The van der Waals surface area contributed by atoms with Gasteiger partial charge in [-0.15, -0.1) is 0 Å². The van der Waals surface area contributed by atoms with Crippen LogP contribution < -0.4 is 10.6 Å². The number of benzene rings is 4. The smallest absolute Gasteiger partial charge is 0.271 e. The Labute approximate surface area is 252 Å². The molecule has 1 aliphatic rings. The number of anilines is 2. The van der Waals surface area contributed by atoms with Gasteiger partial charge in [0, 0.05) is 41.6 Å². The summed E-state index contributed by atoms with van der Waals surface area (Å²) in [4.78, 5) is 50.1. The van der Waals surface area contributed by atoms with E-state index in [9.17, 15) is 19.7 Å². The number of nitro benzene ring substituents is 1. The summed E-state index contributed by atoms with van der Waals surface area (Å²) >= 11 is 0. The standard InChI is InChI=1S/C34H26N6O4/c41-32(19-26-16-17-35-21-36-26)37-25-12-10-23(11-13-25)33-29-15-14-27(40(43)44)20-30(29)39-34(42)31(38-33)18-24-8-4-5-9-28(24)22-6-2-1-3-7-22/h1-17,20-21,31H,18-19H2,(H,37,41)(H,39,42). The molecule has 0 saturated carbocycles. The van der Waals surface area contributed by atoms with Gasteiger partial charge in [0.05, 0.1) is 28.4 Å². The van der Waals surface area contributed by atoms with Crippen LogP contribution >= 0.6 is 0 Å². The highest BCUT2D eigenvalue weighted by Crippen LogP contribution is 2.31. The number of amides is 2. The summed E-state index contributed by atoms with van der Waals surface area (Å²) < 4.78 is 0. The van der Waals surface area contributed by atoms with Crippen LogP contribution in [0, 0.1) is 10.1 Å². The number of nitrogens with one attached hydrogen (secondary N) is 2. The number of carbonyl (C=O) groups is 2. The van der Waals surface area contributed by atoms with Crippen LogP contribution in [0.15, 0.2) is 121 Å². The number of non-ortho nitro benzene ring substituents is 1. The third-order valence-electron chi connectivity index (χ3n) is 7.26. The lowest BCUT2D eigenvalue weighted by atomic mass is 9.95. The van der Waals surface area contributed by atoms with Crippen LogP contribution in [0.3, 0.4) is 0 Å². The highest BCUT2D eigenvalue weighted by atomic mass is 16.6. The Balaban J connectivity index is 1.34. The number of nitro groups is 1. The molecule has 2 N–H and O–H groups in total. The molecule has 6 rings (SSSR count). The van der Waals surface area contributed by atoms with Crippen LogP contribution in [0.4, 0.5) is 17.1 Å². The molecular weight excluding hydrogens is 556 g/mol. The highest BCUT2D eigenvalue weighted by Gasteiger charge is 2.28. The van der Waals surface area contributed by atoms with Gasteiger partial charge in [0.15, 0.2) is 0 Å². The number of fused-ring (bicyclic) bond motifs is 1. The molecule has 0 bridgehead atoms. The van der Waals surface area contributed by atoms with Gasteiger partial charge in [-0.3, -0.25) is 24.7 Å². The number of benzodiazepines with no additional fused rings is 1. The third kappa shape index (κ3) is 6.24. The number of rotatable bonds is 8. The normalized spacial score (nSPS) is 14.0. The van der Waals surface area contributed by atoms with E-state index in [2.05, 4.69) is 20.6 Å². The molecule has 1 aliphatic heterocycles. The maximum absolute atomic E-state index is 13.6. The molecule has 0 spiro atoms. The summed E-state index contributed by atoms with van der Waals surface area (Å²) in [6.07, 6.45) is 3.39. The maximum atomic E-state index is 13.6. The van der Waals surface area contributed by atoms with Gasteiger partial charge in [-0.1, -0.05) is 66.7 Å². The summed E-state index contributed by atoms with van der Waals surface area (Å²) in [5.41, 5.74) is 6.07. The first-order valence-corrected chi connectivity index (χ1v) is 13.9. The van der Waals surface area contributed by atoms with Crippen molar-refractivity contribution in [3.63, 3.8) is 0 Å². The molecular formula is C34H26N6O4. The molecule has 2 heterocycles. The van der Waals surface area contributed by atoms with Crippen LogP contribution in [-0.2, 0) is 22.4 Å². The van der Waals surface area contributed by atoms with Crippen molar-refractivity contribution in [2.24, 2.45) is 4.99 Å². The van der Waals surface area contributed by atoms with Gasteiger partial charge in [0.25, 0.3) is 5.69 Å². The lowest BCUT2D eigenvalue weighted by Crippen LogP contribution is -2.27.